The molecule has 1 aliphatic heterocycles. The number of carbonyl (C=O) groups is 2. The number of likely N-dealkylation sites (tertiary alicyclic amines) is 1. The SMILES string of the molecule is CC(C)(C)OC(=O)N1C[C@H](c2ccc(C=O)cc2)[C@@H](C#N)C1. The minimum Gasteiger partial charge on any atom is -0.444 e. The normalized spacial score (nSPS) is 21.3. The topological polar surface area (TPSA) is 70.4 Å². The Bertz CT molecular complexity index is 596. The first-order chi connectivity index (χ1) is 10.3. The largest absolute Gasteiger partial charge is 0.444 e. The lowest BCUT2D eigenvalue weighted by atomic mass is 9.89. The average Bonchev–Trinajstić information content (AvgIpc) is 2.90. The molecule has 5 heteroatoms. The van der Waals surface area contributed by atoms with Gasteiger partial charge in [0.1, 0.15) is 11.9 Å². The minimum absolute atomic E-state index is 0.0572. The van der Waals surface area contributed by atoms with Crippen molar-refractivity contribution in [2.24, 2.45) is 5.92 Å². The fourth-order valence-corrected chi connectivity index (χ4v) is 2.57. The fraction of sp³-hybridized carbons (Fsp3) is 0.471. The molecule has 0 radical (unpaired) electrons. The number of hydrogen-bond acceptors (Lipinski definition) is 4. The Labute approximate surface area is 130 Å². The van der Waals surface area contributed by atoms with Crippen LogP contribution in [0, 0.1) is 17.2 Å². The van der Waals surface area contributed by atoms with Crippen molar-refractivity contribution in [2.75, 3.05) is 13.1 Å². The third-order valence-corrected chi connectivity index (χ3v) is 3.64. The highest BCUT2D eigenvalue weighted by Gasteiger charge is 2.38. The Morgan fingerprint density at radius 1 is 1.32 bits per heavy atom. The zero-order valence-corrected chi connectivity index (χ0v) is 13.1. The van der Waals surface area contributed by atoms with Crippen LogP contribution in [0.1, 0.15) is 42.6 Å². The molecule has 1 fully saturated rings. The monoisotopic (exact) mass is 300 g/mol. The highest BCUT2D eigenvalue weighted by Crippen LogP contribution is 2.33. The molecule has 1 saturated heterocycles. The Balaban J connectivity index is 2.14. The zero-order chi connectivity index (χ0) is 16.3. The molecule has 5 nitrogen and oxygen atoms in total. The summed E-state index contributed by atoms with van der Waals surface area (Å²) in [5.74, 6) is -0.326. The molecular formula is C17H20N2O3. The number of nitrogens with zero attached hydrogens (tertiary/aromatic N) is 2. The van der Waals surface area contributed by atoms with Crippen molar-refractivity contribution < 1.29 is 14.3 Å². The first-order valence-electron chi connectivity index (χ1n) is 7.26. The summed E-state index contributed by atoms with van der Waals surface area (Å²) >= 11 is 0. The number of benzene rings is 1. The van der Waals surface area contributed by atoms with Crippen LogP contribution in [-0.2, 0) is 4.74 Å². The van der Waals surface area contributed by atoms with Crippen LogP contribution >= 0.6 is 0 Å². The molecule has 1 aromatic rings. The van der Waals surface area contributed by atoms with Crippen LogP contribution in [0.4, 0.5) is 4.79 Å². The van der Waals surface area contributed by atoms with Gasteiger partial charge in [0.15, 0.2) is 0 Å². The van der Waals surface area contributed by atoms with Crippen molar-refractivity contribution in [1.82, 2.24) is 4.90 Å². The number of nitriles is 1. The van der Waals surface area contributed by atoms with Crippen molar-refractivity contribution in [3.63, 3.8) is 0 Å². The second kappa shape index (κ2) is 6.18. The van der Waals surface area contributed by atoms with E-state index in [1.54, 1.807) is 17.0 Å². The molecule has 2 atom stereocenters. The minimum atomic E-state index is -0.553. The first-order valence-corrected chi connectivity index (χ1v) is 7.26. The molecule has 0 bridgehead atoms. The molecule has 0 unspecified atom stereocenters. The predicted molar refractivity (Wildman–Crippen MR) is 81.5 cm³/mol. The van der Waals surface area contributed by atoms with E-state index in [0.717, 1.165) is 11.8 Å². The summed E-state index contributed by atoms with van der Waals surface area (Å²) in [7, 11) is 0. The van der Waals surface area contributed by atoms with Crippen LogP contribution < -0.4 is 0 Å². The van der Waals surface area contributed by atoms with Gasteiger partial charge in [-0.25, -0.2) is 4.79 Å². The van der Waals surface area contributed by atoms with Gasteiger partial charge in [-0.2, -0.15) is 5.26 Å². The molecule has 0 spiro atoms. The predicted octanol–water partition coefficient (Wildman–Crippen LogP) is 2.97. The second-order valence-corrected chi connectivity index (χ2v) is 6.51. The molecule has 0 aromatic heterocycles. The van der Waals surface area contributed by atoms with Gasteiger partial charge in [0.2, 0.25) is 0 Å². The summed E-state index contributed by atoms with van der Waals surface area (Å²) in [4.78, 5) is 24.4. The van der Waals surface area contributed by atoms with Gasteiger partial charge in [-0.05, 0) is 26.3 Å². The van der Waals surface area contributed by atoms with Gasteiger partial charge in [0.05, 0.1) is 12.0 Å². The number of rotatable bonds is 2. The standard InChI is InChI=1S/C17H20N2O3/c1-17(2,3)22-16(21)19-9-14(8-18)15(10-19)13-6-4-12(11-20)5-7-13/h4-7,11,14-15H,9-10H2,1-3H3/t14-,15+/m0/s1. The number of carbonyl (C=O) groups excluding carboxylic acids is 2. The van der Waals surface area contributed by atoms with Gasteiger partial charge < -0.3 is 9.64 Å². The maximum atomic E-state index is 12.1. The molecule has 1 heterocycles. The Kier molecular flexibility index (Phi) is 4.51. The third-order valence-electron chi connectivity index (χ3n) is 3.64. The van der Waals surface area contributed by atoms with Crippen molar-refractivity contribution in [1.29, 1.82) is 5.26 Å². The van der Waals surface area contributed by atoms with Gasteiger partial charge in [-0.1, -0.05) is 24.3 Å². The van der Waals surface area contributed by atoms with E-state index >= 15 is 0 Å². The van der Waals surface area contributed by atoms with Gasteiger partial charge in [0, 0.05) is 24.6 Å². The molecule has 2 rings (SSSR count). The smallest absolute Gasteiger partial charge is 0.410 e. The summed E-state index contributed by atoms with van der Waals surface area (Å²) in [5, 5.41) is 9.35. The van der Waals surface area contributed by atoms with Crippen LogP contribution in [-0.4, -0.2) is 36.0 Å². The van der Waals surface area contributed by atoms with Crippen LogP contribution in [0.2, 0.25) is 0 Å². The van der Waals surface area contributed by atoms with Crippen molar-refractivity contribution in [3.8, 4) is 6.07 Å². The lowest BCUT2D eigenvalue weighted by molar-refractivity contribution is 0.0289. The summed E-state index contributed by atoms with van der Waals surface area (Å²) in [6.45, 7) is 6.27. The molecule has 116 valence electrons. The van der Waals surface area contributed by atoms with Gasteiger partial charge in [-0.15, -0.1) is 0 Å². The van der Waals surface area contributed by atoms with Crippen molar-refractivity contribution in [3.05, 3.63) is 35.4 Å². The van der Waals surface area contributed by atoms with Crippen LogP contribution in [0.15, 0.2) is 24.3 Å². The molecule has 1 aromatic carbocycles. The van der Waals surface area contributed by atoms with E-state index in [-0.39, 0.29) is 17.9 Å². The van der Waals surface area contributed by atoms with E-state index in [1.807, 2.05) is 32.9 Å². The van der Waals surface area contributed by atoms with E-state index in [1.165, 1.54) is 0 Å². The number of amides is 1. The molecule has 0 saturated carbocycles. The van der Waals surface area contributed by atoms with E-state index in [2.05, 4.69) is 6.07 Å². The molecule has 1 amide bonds. The summed E-state index contributed by atoms with van der Waals surface area (Å²) in [5.41, 5.74) is 1.01. The Morgan fingerprint density at radius 2 is 1.95 bits per heavy atom. The molecular weight excluding hydrogens is 280 g/mol. The van der Waals surface area contributed by atoms with E-state index in [9.17, 15) is 14.9 Å². The molecule has 0 aliphatic carbocycles. The summed E-state index contributed by atoms with van der Waals surface area (Å²) in [6.07, 6.45) is 0.396. The maximum Gasteiger partial charge on any atom is 0.410 e. The lowest BCUT2D eigenvalue weighted by Gasteiger charge is -2.24. The highest BCUT2D eigenvalue weighted by molar-refractivity contribution is 5.74. The quantitative estimate of drug-likeness (QED) is 0.787. The Morgan fingerprint density at radius 3 is 2.45 bits per heavy atom. The number of hydrogen-bond donors (Lipinski definition) is 0. The first kappa shape index (κ1) is 16.0. The van der Waals surface area contributed by atoms with Gasteiger partial charge in [-0.3, -0.25) is 4.79 Å². The molecule has 22 heavy (non-hydrogen) atoms. The van der Waals surface area contributed by atoms with E-state index in [0.29, 0.717) is 18.7 Å². The maximum absolute atomic E-state index is 12.1. The van der Waals surface area contributed by atoms with Crippen molar-refractivity contribution >= 4 is 12.4 Å². The van der Waals surface area contributed by atoms with Gasteiger partial charge in [0.25, 0.3) is 0 Å². The van der Waals surface area contributed by atoms with E-state index in [4.69, 9.17) is 4.74 Å². The zero-order valence-electron chi connectivity index (χ0n) is 13.1. The molecule has 1 aliphatic rings. The summed E-state index contributed by atoms with van der Waals surface area (Å²) in [6, 6.07) is 9.42. The average molecular weight is 300 g/mol. The Hall–Kier alpha value is -2.35. The fourth-order valence-electron chi connectivity index (χ4n) is 2.57. The summed E-state index contributed by atoms with van der Waals surface area (Å²) < 4.78 is 5.37. The number of aldehydes is 1. The van der Waals surface area contributed by atoms with E-state index < -0.39 is 5.60 Å². The van der Waals surface area contributed by atoms with Gasteiger partial charge >= 0.3 is 6.09 Å². The third kappa shape index (κ3) is 3.64. The van der Waals surface area contributed by atoms with Crippen LogP contribution in [0.25, 0.3) is 0 Å². The van der Waals surface area contributed by atoms with Crippen LogP contribution in [0.3, 0.4) is 0 Å². The number of ether oxygens (including phenoxy) is 1. The second-order valence-electron chi connectivity index (χ2n) is 6.51. The lowest BCUT2D eigenvalue weighted by Crippen LogP contribution is -2.35. The van der Waals surface area contributed by atoms with Crippen LogP contribution in [0.5, 0.6) is 0 Å². The highest BCUT2D eigenvalue weighted by atomic mass is 16.6. The van der Waals surface area contributed by atoms with Crippen molar-refractivity contribution in [2.45, 2.75) is 32.3 Å². The molecule has 0 N–H and O–H groups in total.